The second kappa shape index (κ2) is 6.51. The SMILES string of the molecule is Cc1ccc(Nc2ncc(Cc3c(C)cccc3Cl)s2)cc1. The minimum atomic E-state index is 0.818. The van der Waals surface area contributed by atoms with Gasteiger partial charge in [-0.25, -0.2) is 4.98 Å². The van der Waals surface area contributed by atoms with E-state index >= 15 is 0 Å². The first-order valence-electron chi connectivity index (χ1n) is 7.14. The number of anilines is 2. The third-order valence-electron chi connectivity index (χ3n) is 3.56. The number of benzene rings is 2. The zero-order chi connectivity index (χ0) is 15.5. The van der Waals surface area contributed by atoms with E-state index in [2.05, 4.69) is 54.5 Å². The van der Waals surface area contributed by atoms with Gasteiger partial charge < -0.3 is 5.32 Å². The van der Waals surface area contributed by atoms with E-state index in [0.717, 1.165) is 22.3 Å². The van der Waals surface area contributed by atoms with Gasteiger partial charge in [0.2, 0.25) is 0 Å². The first-order chi connectivity index (χ1) is 10.6. The van der Waals surface area contributed by atoms with Crippen LogP contribution in [0.15, 0.2) is 48.7 Å². The predicted octanol–water partition coefficient (Wildman–Crippen LogP) is 5.75. The molecule has 4 heteroatoms. The molecule has 2 nitrogen and oxygen atoms in total. The highest BCUT2D eigenvalue weighted by Crippen LogP contribution is 2.28. The summed E-state index contributed by atoms with van der Waals surface area (Å²) in [5.41, 5.74) is 4.70. The first-order valence-corrected chi connectivity index (χ1v) is 8.33. The van der Waals surface area contributed by atoms with Crippen molar-refractivity contribution in [2.45, 2.75) is 20.3 Å². The topological polar surface area (TPSA) is 24.9 Å². The van der Waals surface area contributed by atoms with Crippen LogP contribution in [0.5, 0.6) is 0 Å². The summed E-state index contributed by atoms with van der Waals surface area (Å²) in [4.78, 5) is 5.65. The monoisotopic (exact) mass is 328 g/mol. The fourth-order valence-corrected chi connectivity index (χ4v) is 3.41. The van der Waals surface area contributed by atoms with Crippen molar-refractivity contribution in [3.63, 3.8) is 0 Å². The number of aromatic nitrogens is 1. The van der Waals surface area contributed by atoms with Gasteiger partial charge in [-0.1, -0.05) is 41.4 Å². The van der Waals surface area contributed by atoms with Crippen molar-refractivity contribution in [3.8, 4) is 0 Å². The van der Waals surface area contributed by atoms with E-state index in [1.54, 1.807) is 11.3 Å². The lowest BCUT2D eigenvalue weighted by Gasteiger charge is -2.06. The van der Waals surface area contributed by atoms with Crippen LogP contribution in [0.2, 0.25) is 5.02 Å². The summed E-state index contributed by atoms with van der Waals surface area (Å²) in [6.45, 7) is 4.17. The van der Waals surface area contributed by atoms with Crippen molar-refractivity contribution in [1.29, 1.82) is 0 Å². The average molecular weight is 329 g/mol. The van der Waals surface area contributed by atoms with Gasteiger partial charge in [0.25, 0.3) is 0 Å². The molecule has 0 spiro atoms. The Labute approximate surface area is 139 Å². The summed E-state index contributed by atoms with van der Waals surface area (Å²) in [5, 5.41) is 5.07. The summed E-state index contributed by atoms with van der Waals surface area (Å²) < 4.78 is 0. The highest BCUT2D eigenvalue weighted by atomic mass is 35.5. The Morgan fingerprint density at radius 3 is 2.59 bits per heavy atom. The maximum absolute atomic E-state index is 6.30. The quantitative estimate of drug-likeness (QED) is 0.659. The molecule has 0 aliphatic heterocycles. The molecule has 0 saturated heterocycles. The highest BCUT2D eigenvalue weighted by Gasteiger charge is 2.08. The molecule has 0 radical (unpaired) electrons. The molecule has 0 aliphatic rings. The van der Waals surface area contributed by atoms with Gasteiger partial charge in [0.1, 0.15) is 0 Å². The second-order valence-corrected chi connectivity index (χ2v) is 6.86. The fourth-order valence-electron chi connectivity index (χ4n) is 2.27. The molecular formula is C18H17ClN2S. The molecule has 112 valence electrons. The summed E-state index contributed by atoms with van der Waals surface area (Å²) in [6.07, 6.45) is 2.74. The van der Waals surface area contributed by atoms with Crippen LogP contribution in [-0.4, -0.2) is 4.98 Å². The van der Waals surface area contributed by atoms with E-state index in [-0.39, 0.29) is 0 Å². The van der Waals surface area contributed by atoms with Crippen molar-refractivity contribution >= 4 is 33.8 Å². The third-order valence-corrected chi connectivity index (χ3v) is 4.83. The molecule has 0 bridgehead atoms. The predicted molar refractivity (Wildman–Crippen MR) is 95.6 cm³/mol. The van der Waals surface area contributed by atoms with E-state index in [4.69, 9.17) is 11.6 Å². The molecule has 3 aromatic rings. The van der Waals surface area contributed by atoms with E-state index in [0.29, 0.717) is 0 Å². The van der Waals surface area contributed by atoms with E-state index < -0.39 is 0 Å². The zero-order valence-corrected chi connectivity index (χ0v) is 14.1. The Morgan fingerprint density at radius 2 is 1.86 bits per heavy atom. The van der Waals surface area contributed by atoms with Gasteiger partial charge in [0, 0.05) is 28.2 Å². The lowest BCUT2D eigenvalue weighted by Crippen LogP contribution is -1.90. The molecule has 0 amide bonds. The molecule has 0 unspecified atom stereocenters. The molecule has 22 heavy (non-hydrogen) atoms. The van der Waals surface area contributed by atoms with E-state index in [1.807, 2.05) is 18.3 Å². The van der Waals surface area contributed by atoms with Crippen LogP contribution >= 0.6 is 22.9 Å². The maximum Gasteiger partial charge on any atom is 0.187 e. The van der Waals surface area contributed by atoms with Gasteiger partial charge in [-0.2, -0.15) is 0 Å². The molecule has 0 saturated carbocycles. The number of hydrogen-bond donors (Lipinski definition) is 1. The lowest BCUT2D eigenvalue weighted by atomic mass is 10.1. The Bertz CT molecular complexity index is 758. The standard InChI is InChI=1S/C18H17ClN2S/c1-12-6-8-14(9-7-12)21-18-20-11-15(22-18)10-16-13(2)4-3-5-17(16)19/h3-9,11H,10H2,1-2H3,(H,20,21). The molecule has 2 aromatic carbocycles. The number of thiazole rings is 1. The molecule has 0 aliphatic carbocycles. The van der Waals surface area contributed by atoms with Crippen molar-refractivity contribution in [2.24, 2.45) is 0 Å². The van der Waals surface area contributed by atoms with Gasteiger partial charge in [-0.15, -0.1) is 11.3 Å². The van der Waals surface area contributed by atoms with Crippen LogP contribution in [0.4, 0.5) is 10.8 Å². The van der Waals surface area contributed by atoms with E-state index in [1.165, 1.54) is 21.6 Å². The number of nitrogens with zero attached hydrogens (tertiary/aromatic N) is 1. The van der Waals surface area contributed by atoms with Gasteiger partial charge in [-0.05, 0) is 43.2 Å². The maximum atomic E-state index is 6.30. The van der Waals surface area contributed by atoms with Crippen molar-refractivity contribution in [1.82, 2.24) is 4.98 Å². The second-order valence-electron chi connectivity index (χ2n) is 5.33. The first kappa shape index (κ1) is 15.1. The summed E-state index contributed by atoms with van der Waals surface area (Å²) in [6, 6.07) is 14.3. The van der Waals surface area contributed by atoms with Crippen LogP contribution in [0.3, 0.4) is 0 Å². The Morgan fingerprint density at radius 1 is 1.09 bits per heavy atom. The van der Waals surface area contributed by atoms with Crippen LogP contribution in [0.25, 0.3) is 0 Å². The largest absolute Gasteiger partial charge is 0.332 e. The number of aryl methyl sites for hydroxylation is 2. The van der Waals surface area contributed by atoms with Gasteiger partial charge in [0.15, 0.2) is 5.13 Å². The van der Waals surface area contributed by atoms with Crippen LogP contribution in [0.1, 0.15) is 21.6 Å². The Hall–Kier alpha value is -1.84. The van der Waals surface area contributed by atoms with Crippen molar-refractivity contribution in [3.05, 3.63) is 75.3 Å². The van der Waals surface area contributed by atoms with Crippen molar-refractivity contribution in [2.75, 3.05) is 5.32 Å². The highest BCUT2D eigenvalue weighted by molar-refractivity contribution is 7.15. The number of halogens is 1. The van der Waals surface area contributed by atoms with Crippen molar-refractivity contribution < 1.29 is 0 Å². The van der Waals surface area contributed by atoms with Crippen LogP contribution < -0.4 is 5.32 Å². The summed E-state index contributed by atoms with van der Waals surface area (Å²) >= 11 is 7.96. The molecule has 1 aromatic heterocycles. The number of rotatable bonds is 4. The average Bonchev–Trinajstić information content (AvgIpc) is 2.93. The minimum absolute atomic E-state index is 0.818. The van der Waals surface area contributed by atoms with E-state index in [9.17, 15) is 0 Å². The molecule has 3 rings (SSSR count). The molecule has 0 atom stereocenters. The molecule has 1 heterocycles. The number of hydrogen-bond acceptors (Lipinski definition) is 3. The van der Waals surface area contributed by atoms with Crippen LogP contribution in [-0.2, 0) is 6.42 Å². The molecule has 0 fully saturated rings. The smallest absolute Gasteiger partial charge is 0.187 e. The molecular weight excluding hydrogens is 312 g/mol. The Kier molecular flexibility index (Phi) is 4.46. The minimum Gasteiger partial charge on any atom is -0.332 e. The fraction of sp³-hybridized carbons (Fsp3) is 0.167. The van der Waals surface area contributed by atoms with Gasteiger partial charge in [-0.3, -0.25) is 0 Å². The van der Waals surface area contributed by atoms with Crippen LogP contribution in [0, 0.1) is 13.8 Å². The summed E-state index contributed by atoms with van der Waals surface area (Å²) in [7, 11) is 0. The lowest BCUT2D eigenvalue weighted by molar-refractivity contribution is 1.18. The number of nitrogens with one attached hydrogen (secondary N) is 1. The summed E-state index contributed by atoms with van der Waals surface area (Å²) in [5.74, 6) is 0. The zero-order valence-electron chi connectivity index (χ0n) is 12.6. The normalized spacial score (nSPS) is 10.7. The third kappa shape index (κ3) is 3.49. The molecule has 1 N–H and O–H groups in total. The van der Waals surface area contributed by atoms with Gasteiger partial charge in [0.05, 0.1) is 0 Å². The Balaban J connectivity index is 1.75. The van der Waals surface area contributed by atoms with Gasteiger partial charge >= 0.3 is 0 Å².